The van der Waals surface area contributed by atoms with Gasteiger partial charge >= 0.3 is 6.18 Å². The van der Waals surface area contributed by atoms with Crippen molar-refractivity contribution < 1.29 is 18.0 Å². The van der Waals surface area contributed by atoms with Crippen molar-refractivity contribution in [2.75, 3.05) is 17.6 Å². The van der Waals surface area contributed by atoms with Crippen LogP contribution in [-0.2, 0) is 6.18 Å². The van der Waals surface area contributed by atoms with Crippen LogP contribution in [0.4, 0.5) is 24.8 Å². The number of rotatable bonds is 4. The van der Waals surface area contributed by atoms with Crippen molar-refractivity contribution in [2.45, 2.75) is 38.0 Å². The lowest BCUT2D eigenvalue weighted by Gasteiger charge is -2.27. The monoisotopic (exact) mass is 496 g/mol. The Morgan fingerprint density at radius 1 is 1.14 bits per heavy atom. The number of carbonyl (C=O) groups excluding carboxylic acids is 1. The number of hydrogen-bond acceptors (Lipinski definition) is 7. The van der Waals surface area contributed by atoms with Crippen LogP contribution < -0.4 is 16.4 Å². The summed E-state index contributed by atoms with van der Waals surface area (Å²) in [4.78, 5) is 25.0. The average Bonchev–Trinajstić information content (AvgIpc) is 3.25. The normalized spacial score (nSPS) is 18.3. The third-order valence-corrected chi connectivity index (χ3v) is 6.25. The zero-order valence-electron chi connectivity index (χ0n) is 19.3. The highest BCUT2D eigenvalue weighted by molar-refractivity contribution is 6.04. The highest BCUT2D eigenvalue weighted by Gasteiger charge is 2.31. The number of fused-ring (bicyclic) bond motifs is 1. The van der Waals surface area contributed by atoms with E-state index in [2.05, 4.69) is 32.5 Å². The van der Waals surface area contributed by atoms with Gasteiger partial charge in [0.1, 0.15) is 23.7 Å². The van der Waals surface area contributed by atoms with Crippen LogP contribution in [0.2, 0.25) is 0 Å². The van der Waals surface area contributed by atoms with Crippen molar-refractivity contribution in [3.8, 4) is 11.3 Å². The zero-order chi connectivity index (χ0) is 25.4. The quantitative estimate of drug-likeness (QED) is 0.389. The number of nitrogens with two attached hydrogens (primary N) is 1. The minimum atomic E-state index is -4.53. The minimum Gasteiger partial charge on any atom is -0.383 e. The Hall–Kier alpha value is -4.06. The first-order valence-electron chi connectivity index (χ1n) is 11.4. The lowest BCUT2D eigenvalue weighted by molar-refractivity contribution is -0.137. The van der Waals surface area contributed by atoms with E-state index in [4.69, 9.17) is 10.8 Å². The molecule has 0 saturated carbocycles. The Morgan fingerprint density at radius 2 is 1.92 bits per heavy atom. The maximum Gasteiger partial charge on any atom is 0.416 e. The number of amides is 1. The Balaban J connectivity index is 1.42. The van der Waals surface area contributed by atoms with E-state index in [-0.39, 0.29) is 17.4 Å². The summed E-state index contributed by atoms with van der Waals surface area (Å²) in [5.74, 6) is -0.478. The molecule has 1 saturated heterocycles. The molecule has 4 heterocycles. The van der Waals surface area contributed by atoms with Crippen LogP contribution in [0.25, 0.3) is 22.3 Å². The fourth-order valence-electron chi connectivity index (χ4n) is 4.29. The number of nitrogen functional groups attached to an aromatic ring is 1. The Labute approximate surface area is 204 Å². The van der Waals surface area contributed by atoms with Gasteiger partial charge in [0.2, 0.25) is 0 Å². The molecule has 1 fully saturated rings. The second-order valence-electron chi connectivity index (χ2n) is 8.75. The molecule has 0 bridgehead atoms. The predicted octanol–water partition coefficient (Wildman–Crippen LogP) is 4.05. The van der Waals surface area contributed by atoms with Gasteiger partial charge in [-0.25, -0.2) is 19.6 Å². The van der Waals surface area contributed by atoms with Crippen molar-refractivity contribution >= 4 is 28.6 Å². The van der Waals surface area contributed by atoms with Gasteiger partial charge in [-0.15, -0.1) is 0 Å². The van der Waals surface area contributed by atoms with Crippen LogP contribution in [0.3, 0.4) is 0 Å². The van der Waals surface area contributed by atoms with E-state index >= 15 is 0 Å². The Kier molecular flexibility index (Phi) is 6.04. The molecule has 36 heavy (non-hydrogen) atoms. The largest absolute Gasteiger partial charge is 0.416 e. The first kappa shape index (κ1) is 23.7. The van der Waals surface area contributed by atoms with Gasteiger partial charge in [0, 0.05) is 29.9 Å². The van der Waals surface area contributed by atoms with Crippen molar-refractivity contribution in [2.24, 2.45) is 0 Å². The van der Waals surface area contributed by atoms with Crippen LogP contribution in [0.15, 0.2) is 48.9 Å². The van der Waals surface area contributed by atoms with Gasteiger partial charge in [-0.3, -0.25) is 4.79 Å². The van der Waals surface area contributed by atoms with Crippen LogP contribution in [0.1, 0.15) is 41.7 Å². The molecule has 186 valence electrons. The zero-order valence-corrected chi connectivity index (χ0v) is 19.3. The summed E-state index contributed by atoms with van der Waals surface area (Å²) >= 11 is 0. The molecule has 1 aliphatic heterocycles. The SMILES string of the molecule is C[C@H]1CC[C@@H](n2nc(-c3ccc(C(=O)Nc4cc(C(F)(F)F)ccn4)cc3)c3c(N)ncnc32)CN1. The summed E-state index contributed by atoms with van der Waals surface area (Å²) in [6, 6.07) is 8.70. The van der Waals surface area contributed by atoms with Gasteiger partial charge < -0.3 is 16.4 Å². The second-order valence-corrected chi connectivity index (χ2v) is 8.75. The minimum absolute atomic E-state index is 0.108. The molecule has 0 spiro atoms. The fraction of sp³-hybridized carbons (Fsp3) is 0.292. The number of pyridine rings is 1. The lowest BCUT2D eigenvalue weighted by Crippen LogP contribution is -2.38. The second kappa shape index (κ2) is 9.19. The van der Waals surface area contributed by atoms with E-state index in [1.807, 2.05) is 4.68 Å². The van der Waals surface area contributed by atoms with Gasteiger partial charge in [-0.05, 0) is 44.0 Å². The summed E-state index contributed by atoms with van der Waals surface area (Å²) in [6.45, 7) is 2.90. The number of piperidine rings is 1. The lowest BCUT2D eigenvalue weighted by atomic mass is 10.0. The predicted molar refractivity (Wildman–Crippen MR) is 128 cm³/mol. The number of carbonyl (C=O) groups is 1. The molecule has 12 heteroatoms. The smallest absolute Gasteiger partial charge is 0.383 e. The first-order chi connectivity index (χ1) is 17.2. The highest BCUT2D eigenvalue weighted by atomic mass is 19.4. The maximum absolute atomic E-state index is 12.9. The van der Waals surface area contributed by atoms with Gasteiger partial charge in [0.05, 0.1) is 17.0 Å². The van der Waals surface area contributed by atoms with E-state index in [1.54, 1.807) is 24.3 Å². The number of halogens is 3. The standard InChI is InChI=1S/C24H23F3N8O/c1-13-2-7-17(11-30-13)35-22-19(21(28)31-12-32-22)20(34-35)14-3-5-15(6-4-14)23(36)33-18-10-16(8-9-29-18)24(25,26)27/h3-6,8-10,12-13,17,30H,2,7,11H2,1H3,(H2,28,31,32)(H,29,33,36)/t13-,17+/m0/s1. The number of aromatic nitrogens is 5. The summed E-state index contributed by atoms with van der Waals surface area (Å²) in [7, 11) is 0. The average molecular weight is 496 g/mol. The summed E-state index contributed by atoms with van der Waals surface area (Å²) in [5.41, 5.74) is 7.47. The molecule has 0 unspecified atom stereocenters. The third-order valence-electron chi connectivity index (χ3n) is 6.25. The fourth-order valence-corrected chi connectivity index (χ4v) is 4.29. The van der Waals surface area contributed by atoms with Crippen LogP contribution in [0.5, 0.6) is 0 Å². The number of hydrogen-bond donors (Lipinski definition) is 3. The van der Waals surface area contributed by atoms with Crippen LogP contribution >= 0.6 is 0 Å². The topological polar surface area (TPSA) is 124 Å². The van der Waals surface area contributed by atoms with Crippen LogP contribution in [0, 0.1) is 0 Å². The Morgan fingerprint density at radius 3 is 2.61 bits per heavy atom. The molecular formula is C24H23F3N8O. The summed E-state index contributed by atoms with van der Waals surface area (Å²) in [6.07, 6.45) is -0.178. The molecule has 2 atom stereocenters. The summed E-state index contributed by atoms with van der Waals surface area (Å²) < 4.78 is 40.7. The van der Waals surface area contributed by atoms with E-state index in [1.165, 1.54) is 6.33 Å². The highest BCUT2D eigenvalue weighted by Crippen LogP contribution is 2.34. The van der Waals surface area contributed by atoms with E-state index in [0.29, 0.717) is 34.2 Å². The molecule has 5 rings (SSSR count). The molecule has 0 radical (unpaired) electrons. The molecule has 4 aromatic rings. The molecule has 9 nitrogen and oxygen atoms in total. The van der Waals surface area contributed by atoms with Crippen LogP contribution in [-0.4, -0.2) is 43.2 Å². The summed E-state index contributed by atoms with van der Waals surface area (Å²) in [5, 5.41) is 11.3. The van der Waals surface area contributed by atoms with Gasteiger partial charge in [-0.1, -0.05) is 12.1 Å². The number of nitrogens with zero attached hydrogens (tertiary/aromatic N) is 5. The van der Waals surface area contributed by atoms with Crippen molar-refractivity contribution in [1.82, 2.24) is 30.0 Å². The van der Waals surface area contributed by atoms with Crippen molar-refractivity contribution in [3.63, 3.8) is 0 Å². The van der Waals surface area contributed by atoms with Crippen molar-refractivity contribution in [1.29, 1.82) is 0 Å². The van der Waals surface area contributed by atoms with E-state index in [0.717, 1.165) is 37.7 Å². The first-order valence-corrected chi connectivity index (χ1v) is 11.4. The molecular weight excluding hydrogens is 473 g/mol. The third kappa shape index (κ3) is 4.59. The number of alkyl halides is 3. The van der Waals surface area contributed by atoms with E-state index in [9.17, 15) is 18.0 Å². The molecule has 0 aliphatic carbocycles. The van der Waals surface area contributed by atoms with Gasteiger partial charge in [-0.2, -0.15) is 18.3 Å². The number of anilines is 2. The molecule has 4 N–H and O–H groups in total. The number of nitrogens with one attached hydrogen (secondary N) is 2. The number of benzene rings is 1. The molecule has 1 amide bonds. The van der Waals surface area contributed by atoms with Crippen molar-refractivity contribution in [3.05, 3.63) is 60.0 Å². The van der Waals surface area contributed by atoms with E-state index < -0.39 is 17.6 Å². The molecule has 1 aromatic carbocycles. The molecule has 3 aromatic heterocycles. The van der Waals surface area contributed by atoms with Gasteiger partial charge in [0.15, 0.2) is 5.65 Å². The molecule has 1 aliphatic rings. The van der Waals surface area contributed by atoms with Gasteiger partial charge in [0.25, 0.3) is 5.91 Å². The maximum atomic E-state index is 12.9. The Bertz CT molecular complexity index is 1410.